The van der Waals surface area contributed by atoms with E-state index in [4.69, 9.17) is 0 Å². The molecule has 0 aliphatic heterocycles. The van der Waals surface area contributed by atoms with Gasteiger partial charge in [-0.15, -0.1) is 0 Å². The Bertz CT molecular complexity index is 3250. The van der Waals surface area contributed by atoms with Crippen LogP contribution in [-0.2, 0) is 0 Å². The van der Waals surface area contributed by atoms with Crippen LogP contribution in [0.25, 0.3) is 82.4 Å². The molecule has 58 heavy (non-hydrogen) atoms. The Morgan fingerprint density at radius 2 is 0.897 bits per heavy atom. The van der Waals surface area contributed by atoms with E-state index in [0.717, 1.165) is 22.7 Å². The predicted octanol–water partition coefficient (Wildman–Crippen LogP) is 15.6. The summed E-state index contributed by atoms with van der Waals surface area (Å²) in [6.45, 7) is 0. The van der Waals surface area contributed by atoms with Crippen molar-refractivity contribution in [1.82, 2.24) is 4.57 Å². The fraction of sp³-hybridized carbons (Fsp3) is 0. The van der Waals surface area contributed by atoms with Gasteiger partial charge in [0.1, 0.15) is 0 Å². The fourth-order valence-corrected chi connectivity index (χ4v) is 8.83. The molecule has 0 aliphatic carbocycles. The van der Waals surface area contributed by atoms with Crippen LogP contribution in [0.3, 0.4) is 0 Å². The molecule has 0 N–H and O–H groups in total. The highest BCUT2D eigenvalue weighted by Crippen LogP contribution is 2.47. The van der Waals surface area contributed by atoms with Crippen molar-refractivity contribution in [3.8, 4) is 39.1 Å². The molecular weight excluding hydrogens is 701 g/mol. The highest BCUT2D eigenvalue weighted by Gasteiger charge is 2.23. The van der Waals surface area contributed by atoms with Crippen LogP contribution >= 0.6 is 0 Å². The summed E-state index contributed by atoms with van der Waals surface area (Å²) in [5.74, 6) is 0. The zero-order chi connectivity index (χ0) is 38.4. The Balaban J connectivity index is 1.22. The number of hydrogen-bond donors (Lipinski definition) is 0. The first kappa shape index (κ1) is 33.6. The average molecular weight is 739 g/mol. The van der Waals surface area contributed by atoms with Crippen molar-refractivity contribution in [3.63, 3.8) is 0 Å². The lowest BCUT2D eigenvalue weighted by molar-refractivity contribution is 1.19. The third-order valence-electron chi connectivity index (χ3n) is 11.5. The maximum atomic E-state index is 2.49. The van der Waals surface area contributed by atoms with Crippen LogP contribution in [0.2, 0.25) is 0 Å². The van der Waals surface area contributed by atoms with Crippen molar-refractivity contribution in [2.75, 3.05) is 4.90 Å². The Hall–Kier alpha value is -7.68. The van der Waals surface area contributed by atoms with Crippen molar-refractivity contribution < 1.29 is 0 Å². The molecule has 0 fully saturated rings. The number of hydrogen-bond acceptors (Lipinski definition) is 1. The largest absolute Gasteiger partial charge is 0.310 e. The van der Waals surface area contributed by atoms with Crippen LogP contribution in [0.1, 0.15) is 0 Å². The predicted molar refractivity (Wildman–Crippen MR) is 247 cm³/mol. The van der Waals surface area contributed by atoms with Crippen LogP contribution < -0.4 is 4.90 Å². The normalized spacial score (nSPS) is 11.4. The number of benzene rings is 10. The molecule has 0 spiro atoms. The van der Waals surface area contributed by atoms with Crippen molar-refractivity contribution in [2.45, 2.75) is 0 Å². The van der Waals surface area contributed by atoms with Gasteiger partial charge in [-0.05, 0) is 98.6 Å². The molecule has 10 aromatic carbocycles. The van der Waals surface area contributed by atoms with E-state index in [0.29, 0.717) is 0 Å². The maximum absolute atomic E-state index is 2.49. The van der Waals surface area contributed by atoms with E-state index < -0.39 is 0 Å². The van der Waals surface area contributed by atoms with E-state index in [1.165, 1.54) is 76.7 Å². The summed E-state index contributed by atoms with van der Waals surface area (Å²) in [7, 11) is 0. The summed E-state index contributed by atoms with van der Waals surface area (Å²) in [4.78, 5) is 2.43. The number of fused-ring (bicyclic) bond motifs is 6. The quantitative estimate of drug-likeness (QED) is 0.158. The van der Waals surface area contributed by atoms with Gasteiger partial charge in [0.2, 0.25) is 0 Å². The monoisotopic (exact) mass is 738 g/mol. The maximum Gasteiger partial charge on any atom is 0.0625 e. The topological polar surface area (TPSA) is 8.17 Å². The lowest BCUT2D eigenvalue weighted by Crippen LogP contribution is -2.11. The Kier molecular flexibility index (Phi) is 8.19. The molecule has 272 valence electrons. The zero-order valence-corrected chi connectivity index (χ0v) is 31.8. The summed E-state index contributed by atoms with van der Waals surface area (Å²) in [5, 5.41) is 7.34. The molecule has 0 amide bonds. The minimum atomic E-state index is 1.09. The van der Waals surface area contributed by atoms with E-state index >= 15 is 0 Å². The molecule has 0 bridgehead atoms. The second kappa shape index (κ2) is 14.1. The lowest BCUT2D eigenvalue weighted by atomic mass is 9.95. The number of rotatable bonds is 7. The molecular formula is C56H38N2. The van der Waals surface area contributed by atoms with Gasteiger partial charge in [0.05, 0.1) is 16.7 Å². The van der Waals surface area contributed by atoms with Crippen LogP contribution in [0.5, 0.6) is 0 Å². The van der Waals surface area contributed by atoms with E-state index in [2.05, 4.69) is 240 Å². The van der Waals surface area contributed by atoms with Gasteiger partial charge >= 0.3 is 0 Å². The first-order valence-electron chi connectivity index (χ1n) is 19.9. The van der Waals surface area contributed by atoms with Gasteiger partial charge < -0.3 is 9.47 Å². The van der Waals surface area contributed by atoms with Gasteiger partial charge in [-0.1, -0.05) is 176 Å². The molecule has 0 aliphatic rings. The fourth-order valence-electron chi connectivity index (χ4n) is 8.83. The third-order valence-corrected chi connectivity index (χ3v) is 11.5. The number of nitrogens with zero attached hydrogens (tertiary/aromatic N) is 2. The molecule has 1 aromatic heterocycles. The standard InChI is InChI=1S/C56H38N2/c1-4-16-39(17-5-1)41-28-31-46(32-29-41)57(53-27-15-14-25-49(53)42-19-6-2-7-20-42)48-34-35-54-52(38-48)55-51(43-21-8-3-9-22-43)37-45-24-12-13-26-50(45)56(55)58(54)47-33-30-40-18-10-11-23-44(40)36-47/h1-38H. The first-order valence-corrected chi connectivity index (χ1v) is 19.9. The molecule has 1 heterocycles. The molecule has 0 saturated heterocycles. The molecule has 2 heteroatoms. The smallest absolute Gasteiger partial charge is 0.0625 e. The van der Waals surface area contributed by atoms with E-state index in [9.17, 15) is 0 Å². The van der Waals surface area contributed by atoms with Crippen LogP contribution in [0.4, 0.5) is 17.1 Å². The zero-order valence-electron chi connectivity index (χ0n) is 31.8. The average Bonchev–Trinajstić information content (AvgIpc) is 3.65. The summed E-state index contributed by atoms with van der Waals surface area (Å²) < 4.78 is 2.49. The van der Waals surface area contributed by atoms with Gasteiger partial charge in [0.25, 0.3) is 0 Å². The number of aromatic nitrogens is 1. The van der Waals surface area contributed by atoms with E-state index in [1.807, 2.05) is 0 Å². The first-order chi connectivity index (χ1) is 28.8. The second-order valence-electron chi connectivity index (χ2n) is 14.9. The highest BCUT2D eigenvalue weighted by molar-refractivity contribution is 6.24. The third kappa shape index (κ3) is 5.74. The summed E-state index contributed by atoms with van der Waals surface area (Å²) in [5.41, 5.74) is 14.0. The summed E-state index contributed by atoms with van der Waals surface area (Å²) in [6, 6.07) is 83.8. The Morgan fingerprint density at radius 3 is 1.64 bits per heavy atom. The molecule has 2 nitrogen and oxygen atoms in total. The minimum absolute atomic E-state index is 1.09. The minimum Gasteiger partial charge on any atom is -0.310 e. The SMILES string of the molecule is c1ccc(-c2ccc(N(c3ccc4c(c3)c3c(-c5ccccc5)cc5ccccc5c3n4-c3ccc4ccccc4c3)c3ccccc3-c3ccccc3)cc2)cc1. The number of para-hydroxylation sites is 1. The van der Waals surface area contributed by atoms with Crippen LogP contribution in [-0.4, -0.2) is 4.57 Å². The van der Waals surface area contributed by atoms with Crippen LogP contribution in [0.15, 0.2) is 231 Å². The molecule has 0 saturated carbocycles. The van der Waals surface area contributed by atoms with Crippen molar-refractivity contribution in [3.05, 3.63) is 231 Å². The number of anilines is 3. The Labute approximate surface area is 338 Å². The molecule has 0 atom stereocenters. The van der Waals surface area contributed by atoms with Gasteiger partial charge in [0.15, 0.2) is 0 Å². The second-order valence-corrected chi connectivity index (χ2v) is 14.9. The Morgan fingerprint density at radius 1 is 0.328 bits per heavy atom. The molecule has 0 unspecified atom stereocenters. The van der Waals surface area contributed by atoms with Gasteiger partial charge in [-0.25, -0.2) is 0 Å². The summed E-state index contributed by atoms with van der Waals surface area (Å²) in [6.07, 6.45) is 0. The van der Waals surface area contributed by atoms with Crippen LogP contribution in [0, 0.1) is 0 Å². The van der Waals surface area contributed by atoms with E-state index in [-0.39, 0.29) is 0 Å². The van der Waals surface area contributed by atoms with Crippen molar-refractivity contribution in [1.29, 1.82) is 0 Å². The van der Waals surface area contributed by atoms with E-state index in [1.54, 1.807) is 0 Å². The van der Waals surface area contributed by atoms with Crippen molar-refractivity contribution >= 4 is 60.4 Å². The molecule has 11 aromatic rings. The molecule has 0 radical (unpaired) electrons. The van der Waals surface area contributed by atoms with Crippen molar-refractivity contribution in [2.24, 2.45) is 0 Å². The van der Waals surface area contributed by atoms with Gasteiger partial charge in [-0.3, -0.25) is 0 Å². The van der Waals surface area contributed by atoms with Gasteiger partial charge in [0, 0.05) is 38.8 Å². The molecule has 11 rings (SSSR count). The highest BCUT2D eigenvalue weighted by atomic mass is 15.1. The lowest BCUT2D eigenvalue weighted by Gasteiger charge is -2.28. The van der Waals surface area contributed by atoms with Gasteiger partial charge in [-0.2, -0.15) is 0 Å². The summed E-state index contributed by atoms with van der Waals surface area (Å²) >= 11 is 0.